The second-order valence-electron chi connectivity index (χ2n) is 4.48. The van der Waals surface area contributed by atoms with Gasteiger partial charge in [-0.3, -0.25) is 0 Å². The molecule has 0 amide bonds. The van der Waals surface area contributed by atoms with Crippen molar-refractivity contribution in [1.82, 2.24) is 0 Å². The quantitative estimate of drug-likeness (QED) is 0.603. The molecule has 2 aliphatic heterocycles. The Morgan fingerprint density at radius 1 is 1.40 bits per heavy atom. The highest BCUT2D eigenvalue weighted by molar-refractivity contribution is 5.50. The molecule has 0 bridgehead atoms. The van der Waals surface area contributed by atoms with Gasteiger partial charge in [-0.15, -0.1) is 0 Å². The lowest BCUT2D eigenvalue weighted by atomic mass is 9.86. The van der Waals surface area contributed by atoms with E-state index in [4.69, 9.17) is 14.7 Å². The maximum atomic E-state index is 8.86. The number of nitrogens with zero attached hydrogens (tertiary/aromatic N) is 1. The molecular weight excluding hydrogens is 190 g/mol. The fourth-order valence-corrected chi connectivity index (χ4v) is 2.25. The molecule has 0 aliphatic carbocycles. The zero-order valence-electron chi connectivity index (χ0n) is 8.70. The minimum atomic E-state index is -0.270. The van der Waals surface area contributed by atoms with Gasteiger partial charge in [-0.1, -0.05) is 0 Å². The van der Waals surface area contributed by atoms with E-state index >= 15 is 0 Å². The van der Waals surface area contributed by atoms with Crippen LogP contribution in [0, 0.1) is 11.3 Å². The van der Waals surface area contributed by atoms with Crippen LogP contribution in [0.4, 0.5) is 0 Å². The number of fused-ring (bicyclic) bond motifs is 3. The third kappa shape index (κ3) is 0.924. The van der Waals surface area contributed by atoms with Crippen molar-refractivity contribution in [1.29, 1.82) is 5.26 Å². The molecular formula is C12H11NO2. The maximum absolute atomic E-state index is 8.86. The smallest absolute Gasteiger partial charge is 0.133 e. The van der Waals surface area contributed by atoms with Crippen molar-refractivity contribution in [3.8, 4) is 11.8 Å². The summed E-state index contributed by atoms with van der Waals surface area (Å²) in [6.45, 7) is 4.67. The van der Waals surface area contributed by atoms with Crippen LogP contribution in [0.1, 0.15) is 25.0 Å². The molecule has 0 spiro atoms. The molecule has 1 saturated heterocycles. The summed E-state index contributed by atoms with van der Waals surface area (Å²) in [5.74, 6) is 0.839. The number of epoxide rings is 1. The first-order valence-electron chi connectivity index (χ1n) is 4.97. The van der Waals surface area contributed by atoms with Crippen molar-refractivity contribution in [2.45, 2.75) is 25.0 Å². The first kappa shape index (κ1) is 8.75. The van der Waals surface area contributed by atoms with Crippen LogP contribution in [0.2, 0.25) is 0 Å². The van der Waals surface area contributed by atoms with E-state index in [-0.39, 0.29) is 11.2 Å². The third-order valence-electron chi connectivity index (χ3n) is 3.52. The van der Waals surface area contributed by atoms with Crippen LogP contribution in [0.25, 0.3) is 0 Å². The SMILES string of the molecule is C[C@@]12COc3ccc(C#N)cc3[C@@]1(C)O2. The second kappa shape index (κ2) is 2.34. The lowest BCUT2D eigenvalue weighted by molar-refractivity contribution is 0.205. The van der Waals surface area contributed by atoms with E-state index < -0.39 is 0 Å². The first-order valence-corrected chi connectivity index (χ1v) is 4.97. The van der Waals surface area contributed by atoms with Crippen LogP contribution in [0.3, 0.4) is 0 Å². The second-order valence-corrected chi connectivity index (χ2v) is 4.48. The highest BCUT2D eigenvalue weighted by atomic mass is 16.7. The normalized spacial score (nSPS) is 35.8. The van der Waals surface area contributed by atoms with E-state index in [1.165, 1.54) is 0 Å². The number of hydrogen-bond donors (Lipinski definition) is 0. The molecule has 76 valence electrons. The van der Waals surface area contributed by atoms with Gasteiger partial charge < -0.3 is 9.47 Å². The monoisotopic (exact) mass is 201 g/mol. The fourth-order valence-electron chi connectivity index (χ4n) is 2.25. The van der Waals surface area contributed by atoms with Crippen molar-refractivity contribution in [3.05, 3.63) is 29.3 Å². The minimum Gasteiger partial charge on any atom is -0.490 e. The lowest BCUT2D eigenvalue weighted by Crippen LogP contribution is -2.30. The van der Waals surface area contributed by atoms with Crippen molar-refractivity contribution < 1.29 is 9.47 Å². The van der Waals surface area contributed by atoms with E-state index in [0.717, 1.165) is 11.3 Å². The van der Waals surface area contributed by atoms with Crippen LogP contribution in [-0.2, 0) is 10.3 Å². The van der Waals surface area contributed by atoms with Gasteiger partial charge in [0.1, 0.15) is 23.6 Å². The average Bonchev–Trinajstić information content (AvgIpc) is 2.82. The molecule has 0 N–H and O–H groups in total. The largest absolute Gasteiger partial charge is 0.490 e. The summed E-state index contributed by atoms with van der Waals surface area (Å²) in [5, 5.41) is 8.86. The van der Waals surface area contributed by atoms with Crippen LogP contribution in [0.15, 0.2) is 18.2 Å². The van der Waals surface area contributed by atoms with Crippen molar-refractivity contribution in [2.75, 3.05) is 6.61 Å². The molecule has 3 heteroatoms. The molecule has 1 aromatic rings. The number of nitriles is 1. The molecule has 1 fully saturated rings. The van der Waals surface area contributed by atoms with Crippen LogP contribution >= 0.6 is 0 Å². The van der Waals surface area contributed by atoms with Crippen molar-refractivity contribution in [2.24, 2.45) is 0 Å². The highest BCUT2D eigenvalue weighted by Crippen LogP contribution is 2.60. The van der Waals surface area contributed by atoms with E-state index in [2.05, 4.69) is 13.0 Å². The standard InChI is InChI=1S/C12H11NO2/c1-11-7-14-10-4-3-8(6-13)5-9(10)12(11,2)15-11/h3-5H,7H2,1-2H3/t11-,12-/m1/s1. The molecule has 0 aromatic heterocycles. The summed E-state index contributed by atoms with van der Waals surface area (Å²) >= 11 is 0. The Morgan fingerprint density at radius 2 is 2.20 bits per heavy atom. The molecule has 2 atom stereocenters. The highest BCUT2D eigenvalue weighted by Gasteiger charge is 2.68. The van der Waals surface area contributed by atoms with E-state index in [0.29, 0.717) is 12.2 Å². The third-order valence-corrected chi connectivity index (χ3v) is 3.52. The molecule has 3 nitrogen and oxygen atoms in total. The van der Waals surface area contributed by atoms with E-state index in [9.17, 15) is 0 Å². The minimum absolute atomic E-state index is 0.214. The summed E-state index contributed by atoms with van der Waals surface area (Å²) in [6, 6.07) is 7.61. The van der Waals surface area contributed by atoms with Gasteiger partial charge in [0.05, 0.1) is 11.6 Å². The molecule has 0 unspecified atom stereocenters. The van der Waals surface area contributed by atoms with Crippen molar-refractivity contribution in [3.63, 3.8) is 0 Å². The summed E-state index contributed by atoms with van der Waals surface area (Å²) in [4.78, 5) is 0. The van der Waals surface area contributed by atoms with Gasteiger partial charge in [-0.2, -0.15) is 5.26 Å². The molecule has 1 aromatic carbocycles. The summed E-state index contributed by atoms with van der Waals surface area (Å²) in [5.41, 5.74) is 1.16. The predicted octanol–water partition coefficient (Wildman–Crippen LogP) is 1.95. The Hall–Kier alpha value is -1.53. The molecule has 0 radical (unpaired) electrons. The average molecular weight is 201 g/mol. The molecule has 0 saturated carbocycles. The molecule has 2 aliphatic rings. The van der Waals surface area contributed by atoms with Crippen LogP contribution in [-0.4, -0.2) is 12.2 Å². The zero-order valence-corrected chi connectivity index (χ0v) is 8.70. The molecule has 2 heterocycles. The topological polar surface area (TPSA) is 45.5 Å². The summed E-state index contributed by atoms with van der Waals surface area (Å²) < 4.78 is 11.4. The van der Waals surface area contributed by atoms with E-state index in [1.54, 1.807) is 6.07 Å². The number of rotatable bonds is 0. The Morgan fingerprint density at radius 3 is 2.93 bits per heavy atom. The Balaban J connectivity index is 2.18. The Kier molecular flexibility index (Phi) is 1.37. The van der Waals surface area contributed by atoms with Crippen molar-refractivity contribution >= 4 is 0 Å². The van der Waals surface area contributed by atoms with Gasteiger partial charge in [0, 0.05) is 5.56 Å². The van der Waals surface area contributed by atoms with Gasteiger partial charge in [0.15, 0.2) is 0 Å². The van der Waals surface area contributed by atoms with Gasteiger partial charge in [0.25, 0.3) is 0 Å². The fraction of sp³-hybridized carbons (Fsp3) is 0.417. The van der Waals surface area contributed by atoms with Gasteiger partial charge >= 0.3 is 0 Å². The Labute approximate surface area is 88.2 Å². The number of benzene rings is 1. The van der Waals surface area contributed by atoms with E-state index in [1.807, 2.05) is 19.1 Å². The summed E-state index contributed by atoms with van der Waals surface area (Å²) in [6.07, 6.45) is 0. The van der Waals surface area contributed by atoms with Gasteiger partial charge in [-0.05, 0) is 32.0 Å². The number of ether oxygens (including phenoxy) is 2. The Bertz CT molecular complexity index is 491. The first-order chi connectivity index (χ1) is 7.09. The predicted molar refractivity (Wildman–Crippen MR) is 53.5 cm³/mol. The van der Waals surface area contributed by atoms with Crippen LogP contribution < -0.4 is 4.74 Å². The van der Waals surface area contributed by atoms with Crippen LogP contribution in [0.5, 0.6) is 5.75 Å². The summed E-state index contributed by atoms with van der Waals surface area (Å²) in [7, 11) is 0. The zero-order chi connectivity index (χ0) is 10.7. The maximum Gasteiger partial charge on any atom is 0.133 e. The van der Waals surface area contributed by atoms with Gasteiger partial charge in [0.2, 0.25) is 0 Å². The number of hydrogen-bond acceptors (Lipinski definition) is 3. The molecule has 15 heavy (non-hydrogen) atoms. The molecule has 3 rings (SSSR count). The lowest BCUT2D eigenvalue weighted by Gasteiger charge is -2.23. The van der Waals surface area contributed by atoms with Gasteiger partial charge in [-0.25, -0.2) is 0 Å².